The monoisotopic (exact) mass is 447 g/mol. The number of halogens is 1. The van der Waals surface area contributed by atoms with Crippen molar-refractivity contribution in [1.82, 2.24) is 4.90 Å². The van der Waals surface area contributed by atoms with Gasteiger partial charge >= 0.3 is 0 Å². The van der Waals surface area contributed by atoms with Crippen LogP contribution in [0.25, 0.3) is 0 Å². The molecule has 1 heterocycles. The van der Waals surface area contributed by atoms with Crippen molar-refractivity contribution in [3.63, 3.8) is 0 Å². The summed E-state index contributed by atoms with van der Waals surface area (Å²) in [5, 5.41) is 3.69. The minimum Gasteiger partial charge on any atom is -0.366 e. The van der Waals surface area contributed by atoms with Crippen molar-refractivity contribution in [2.24, 2.45) is 0 Å². The first-order valence-corrected chi connectivity index (χ1v) is 11.1. The second kappa shape index (κ2) is 9.45. The molecular formula is C26H26ClN3O2. The fraction of sp³-hybridized carbons (Fsp3) is 0.231. The molecule has 3 aromatic carbocycles. The molecule has 3 aromatic rings. The molecule has 5 nitrogen and oxygen atoms in total. The molecule has 0 aromatic heterocycles. The number of carbonyl (C=O) groups excluding carboxylic acids is 2. The topological polar surface area (TPSA) is 52.7 Å². The van der Waals surface area contributed by atoms with Crippen LogP contribution in [0.4, 0.5) is 11.4 Å². The van der Waals surface area contributed by atoms with E-state index in [4.69, 9.17) is 11.6 Å². The molecule has 0 aliphatic carbocycles. The molecule has 1 fully saturated rings. The second-order valence-corrected chi connectivity index (χ2v) is 8.51. The Morgan fingerprint density at radius 1 is 0.875 bits per heavy atom. The van der Waals surface area contributed by atoms with Crippen molar-refractivity contribution in [2.45, 2.75) is 13.8 Å². The molecule has 0 radical (unpaired) electrons. The number of rotatable bonds is 4. The Morgan fingerprint density at radius 3 is 2.25 bits per heavy atom. The van der Waals surface area contributed by atoms with Crippen LogP contribution < -0.4 is 10.2 Å². The zero-order valence-corrected chi connectivity index (χ0v) is 19.0. The Kier molecular flexibility index (Phi) is 6.47. The van der Waals surface area contributed by atoms with Gasteiger partial charge < -0.3 is 15.1 Å². The lowest BCUT2D eigenvalue weighted by Gasteiger charge is -2.37. The lowest BCUT2D eigenvalue weighted by molar-refractivity contribution is 0.0746. The molecule has 2 amide bonds. The van der Waals surface area contributed by atoms with Crippen molar-refractivity contribution < 1.29 is 9.59 Å². The molecular weight excluding hydrogens is 422 g/mol. The Morgan fingerprint density at radius 2 is 1.56 bits per heavy atom. The smallest absolute Gasteiger partial charge is 0.255 e. The van der Waals surface area contributed by atoms with E-state index in [1.165, 1.54) is 0 Å². The van der Waals surface area contributed by atoms with Crippen molar-refractivity contribution in [3.05, 3.63) is 94.0 Å². The third kappa shape index (κ3) is 4.78. The van der Waals surface area contributed by atoms with Gasteiger partial charge in [0.25, 0.3) is 11.8 Å². The number of nitrogens with zero attached hydrogens (tertiary/aromatic N) is 2. The molecule has 0 bridgehead atoms. The van der Waals surface area contributed by atoms with Crippen LogP contribution in [0.5, 0.6) is 0 Å². The molecule has 1 aliphatic heterocycles. The third-order valence-electron chi connectivity index (χ3n) is 5.78. The van der Waals surface area contributed by atoms with Crippen LogP contribution in [-0.4, -0.2) is 42.9 Å². The quantitative estimate of drug-likeness (QED) is 0.600. The number of benzene rings is 3. The number of anilines is 2. The highest BCUT2D eigenvalue weighted by molar-refractivity contribution is 6.30. The molecule has 164 valence electrons. The Hall–Kier alpha value is -3.31. The highest BCUT2D eigenvalue weighted by atomic mass is 35.5. The maximum Gasteiger partial charge on any atom is 0.255 e. The predicted molar refractivity (Wildman–Crippen MR) is 130 cm³/mol. The van der Waals surface area contributed by atoms with E-state index in [9.17, 15) is 9.59 Å². The normalized spacial score (nSPS) is 13.7. The van der Waals surface area contributed by atoms with Crippen LogP contribution in [0, 0.1) is 13.8 Å². The summed E-state index contributed by atoms with van der Waals surface area (Å²) in [6.07, 6.45) is 0. The van der Waals surface area contributed by atoms with Gasteiger partial charge in [-0.3, -0.25) is 9.59 Å². The van der Waals surface area contributed by atoms with Crippen LogP contribution in [-0.2, 0) is 0 Å². The van der Waals surface area contributed by atoms with E-state index in [0.717, 1.165) is 22.5 Å². The number of para-hydroxylation sites is 2. The van der Waals surface area contributed by atoms with Crippen molar-refractivity contribution in [3.8, 4) is 0 Å². The minimum absolute atomic E-state index is 0.0118. The summed E-state index contributed by atoms with van der Waals surface area (Å²) < 4.78 is 0. The lowest BCUT2D eigenvalue weighted by atomic mass is 10.0. The summed E-state index contributed by atoms with van der Waals surface area (Å²) in [7, 11) is 0. The molecule has 0 atom stereocenters. The molecule has 0 saturated carbocycles. The fourth-order valence-corrected chi connectivity index (χ4v) is 4.16. The lowest BCUT2D eigenvalue weighted by Crippen LogP contribution is -2.49. The first-order chi connectivity index (χ1) is 15.4. The summed E-state index contributed by atoms with van der Waals surface area (Å²) in [6, 6.07) is 20.6. The predicted octanol–water partition coefficient (Wildman–Crippen LogP) is 5.17. The van der Waals surface area contributed by atoms with Gasteiger partial charge in [0.1, 0.15) is 0 Å². The van der Waals surface area contributed by atoms with Gasteiger partial charge in [-0.1, -0.05) is 41.4 Å². The number of hydrogen-bond donors (Lipinski definition) is 1. The highest BCUT2D eigenvalue weighted by Crippen LogP contribution is 2.28. The second-order valence-electron chi connectivity index (χ2n) is 8.08. The van der Waals surface area contributed by atoms with Gasteiger partial charge in [-0.15, -0.1) is 0 Å². The van der Waals surface area contributed by atoms with E-state index in [-0.39, 0.29) is 11.8 Å². The standard InChI is InChI=1S/C26H26ClN3O2/c1-18-7-12-22(19(2)17-18)25(31)28-23-5-3-4-6-24(23)29-13-15-30(16-14-29)26(32)20-8-10-21(27)11-9-20/h3-12,17H,13-16H2,1-2H3,(H,28,31). The maximum absolute atomic E-state index is 12.9. The van der Waals surface area contributed by atoms with Crippen LogP contribution in [0.2, 0.25) is 5.02 Å². The van der Waals surface area contributed by atoms with Gasteiger partial charge in [-0.2, -0.15) is 0 Å². The molecule has 1 saturated heterocycles. The van der Waals surface area contributed by atoms with Gasteiger partial charge in [0, 0.05) is 42.3 Å². The van der Waals surface area contributed by atoms with Crippen molar-refractivity contribution >= 4 is 34.8 Å². The number of piperazine rings is 1. The van der Waals surface area contributed by atoms with E-state index < -0.39 is 0 Å². The molecule has 32 heavy (non-hydrogen) atoms. The van der Waals surface area contributed by atoms with Crippen LogP contribution in [0.3, 0.4) is 0 Å². The average molecular weight is 448 g/mol. The first-order valence-electron chi connectivity index (χ1n) is 10.7. The van der Waals surface area contributed by atoms with Gasteiger partial charge in [-0.25, -0.2) is 0 Å². The van der Waals surface area contributed by atoms with E-state index in [1.807, 2.05) is 61.2 Å². The van der Waals surface area contributed by atoms with Gasteiger partial charge in [-0.05, 0) is 61.9 Å². The number of hydrogen-bond acceptors (Lipinski definition) is 3. The first kappa shape index (κ1) is 21.9. The number of aryl methyl sites for hydroxylation is 2. The zero-order valence-electron chi connectivity index (χ0n) is 18.3. The summed E-state index contributed by atoms with van der Waals surface area (Å²) in [4.78, 5) is 29.8. The van der Waals surface area contributed by atoms with Gasteiger partial charge in [0.2, 0.25) is 0 Å². The highest BCUT2D eigenvalue weighted by Gasteiger charge is 2.24. The van der Waals surface area contributed by atoms with Gasteiger partial charge in [0.05, 0.1) is 11.4 Å². The molecule has 1 N–H and O–H groups in total. The molecule has 6 heteroatoms. The summed E-state index contributed by atoms with van der Waals surface area (Å²) in [5.41, 5.74) is 5.13. The van der Waals surface area contributed by atoms with Crippen molar-refractivity contribution in [2.75, 3.05) is 36.4 Å². The Bertz CT molecular complexity index is 1140. The fourth-order valence-electron chi connectivity index (χ4n) is 4.04. The van der Waals surface area contributed by atoms with Crippen LogP contribution >= 0.6 is 11.6 Å². The molecule has 1 aliphatic rings. The zero-order chi connectivity index (χ0) is 22.7. The summed E-state index contributed by atoms with van der Waals surface area (Å²) in [6.45, 7) is 6.57. The van der Waals surface area contributed by atoms with Crippen LogP contribution in [0.1, 0.15) is 31.8 Å². The molecule has 0 unspecified atom stereocenters. The SMILES string of the molecule is Cc1ccc(C(=O)Nc2ccccc2N2CCN(C(=O)c3ccc(Cl)cc3)CC2)c(C)c1. The summed E-state index contributed by atoms with van der Waals surface area (Å²) >= 11 is 5.93. The maximum atomic E-state index is 12.9. The molecule has 0 spiro atoms. The summed E-state index contributed by atoms with van der Waals surface area (Å²) in [5.74, 6) is -0.107. The largest absolute Gasteiger partial charge is 0.366 e. The van der Waals surface area contributed by atoms with E-state index in [1.54, 1.807) is 24.3 Å². The Labute approximate surface area is 193 Å². The Balaban J connectivity index is 1.45. The number of carbonyl (C=O) groups is 2. The van der Waals surface area contributed by atoms with Gasteiger partial charge in [0.15, 0.2) is 0 Å². The van der Waals surface area contributed by atoms with Crippen LogP contribution in [0.15, 0.2) is 66.7 Å². The average Bonchev–Trinajstić information content (AvgIpc) is 2.79. The number of amides is 2. The van der Waals surface area contributed by atoms with E-state index in [0.29, 0.717) is 42.3 Å². The molecule has 4 rings (SSSR count). The number of nitrogens with one attached hydrogen (secondary N) is 1. The third-order valence-corrected chi connectivity index (χ3v) is 6.03. The van der Waals surface area contributed by atoms with E-state index >= 15 is 0 Å². The minimum atomic E-state index is -0.119. The van der Waals surface area contributed by atoms with E-state index in [2.05, 4.69) is 10.2 Å². The van der Waals surface area contributed by atoms with Crippen molar-refractivity contribution in [1.29, 1.82) is 0 Å².